The monoisotopic (exact) mass is 440 g/mol. The molecule has 5 nitrogen and oxygen atoms in total. The Bertz CT molecular complexity index is 1260. The number of para-hydroxylation sites is 1. The number of anilines is 2. The van der Waals surface area contributed by atoms with Crippen molar-refractivity contribution >= 4 is 28.8 Å². The summed E-state index contributed by atoms with van der Waals surface area (Å²) in [6.07, 6.45) is 0. The fourth-order valence-corrected chi connectivity index (χ4v) is 4.02. The smallest absolute Gasteiger partial charge is 0.282 e. The van der Waals surface area contributed by atoms with Crippen LogP contribution in [0.25, 0.3) is 5.57 Å². The average Bonchev–Trinajstić information content (AvgIpc) is 3.04. The van der Waals surface area contributed by atoms with Gasteiger partial charge < -0.3 is 10.1 Å². The van der Waals surface area contributed by atoms with Crippen LogP contribution in [0.15, 0.2) is 72.4 Å². The molecule has 0 unspecified atom stereocenters. The van der Waals surface area contributed by atoms with E-state index in [9.17, 15) is 9.59 Å². The highest BCUT2D eigenvalue weighted by Crippen LogP contribution is 2.38. The van der Waals surface area contributed by atoms with E-state index in [0.717, 1.165) is 16.8 Å². The van der Waals surface area contributed by atoms with Gasteiger partial charge in [0.05, 0.1) is 18.4 Å². The minimum atomic E-state index is -0.387. The molecule has 1 aliphatic heterocycles. The Morgan fingerprint density at radius 2 is 1.58 bits per heavy atom. The number of methoxy groups -OCH3 is 1. The molecule has 0 spiro atoms. The summed E-state index contributed by atoms with van der Waals surface area (Å²) in [4.78, 5) is 28.7. The molecule has 0 fully saturated rings. The second kappa shape index (κ2) is 8.94. The minimum Gasteiger partial charge on any atom is -0.496 e. The van der Waals surface area contributed by atoms with Crippen LogP contribution in [0.2, 0.25) is 0 Å². The lowest BCUT2D eigenvalue weighted by Gasteiger charge is -2.18. The number of ether oxygens (including phenoxy) is 1. The Labute approximate surface area is 194 Å². The first-order valence-corrected chi connectivity index (χ1v) is 11.0. The maximum atomic E-state index is 13.7. The summed E-state index contributed by atoms with van der Waals surface area (Å²) >= 11 is 0. The van der Waals surface area contributed by atoms with Crippen molar-refractivity contribution in [3.05, 3.63) is 94.7 Å². The molecule has 0 saturated carbocycles. The summed E-state index contributed by atoms with van der Waals surface area (Å²) in [6.45, 7) is 8.10. The van der Waals surface area contributed by atoms with Crippen LogP contribution in [-0.4, -0.2) is 18.9 Å². The van der Waals surface area contributed by atoms with Crippen LogP contribution in [0.5, 0.6) is 5.75 Å². The van der Waals surface area contributed by atoms with Crippen molar-refractivity contribution in [3.63, 3.8) is 0 Å². The van der Waals surface area contributed by atoms with Crippen molar-refractivity contribution in [3.8, 4) is 5.75 Å². The number of nitrogens with zero attached hydrogens (tertiary/aromatic N) is 1. The molecule has 0 saturated heterocycles. The zero-order valence-electron chi connectivity index (χ0n) is 19.6. The molecule has 0 aromatic heterocycles. The van der Waals surface area contributed by atoms with Crippen LogP contribution in [-0.2, 0) is 9.59 Å². The van der Waals surface area contributed by atoms with E-state index >= 15 is 0 Å². The SMILES string of the molecule is COc1ccccc1C1=C(Nc2ccc(C(C)C)cc2)C(=O)N(c2cc(C)ccc2C)C1=O. The summed E-state index contributed by atoms with van der Waals surface area (Å²) in [5.74, 6) is 0.171. The average molecular weight is 441 g/mol. The molecule has 3 aromatic carbocycles. The third kappa shape index (κ3) is 4.14. The summed E-state index contributed by atoms with van der Waals surface area (Å²) in [6, 6.07) is 20.9. The molecule has 3 aromatic rings. The molecule has 168 valence electrons. The molecule has 0 aliphatic carbocycles. The Balaban J connectivity index is 1.85. The van der Waals surface area contributed by atoms with Gasteiger partial charge in [0.2, 0.25) is 0 Å². The predicted octanol–water partition coefficient (Wildman–Crippen LogP) is 5.83. The topological polar surface area (TPSA) is 58.6 Å². The molecule has 5 heteroatoms. The number of imide groups is 1. The van der Waals surface area contributed by atoms with Crippen LogP contribution in [0.4, 0.5) is 11.4 Å². The largest absolute Gasteiger partial charge is 0.496 e. The van der Waals surface area contributed by atoms with E-state index in [1.807, 2.05) is 68.4 Å². The first-order valence-electron chi connectivity index (χ1n) is 11.0. The molecule has 0 atom stereocenters. The first-order chi connectivity index (χ1) is 15.8. The van der Waals surface area contributed by atoms with E-state index < -0.39 is 0 Å². The molecular formula is C28H28N2O3. The molecule has 0 bridgehead atoms. The highest BCUT2D eigenvalue weighted by Gasteiger charge is 2.41. The zero-order chi connectivity index (χ0) is 23.7. The number of amides is 2. The molecule has 0 radical (unpaired) electrons. The van der Waals surface area contributed by atoms with Gasteiger partial charge in [-0.2, -0.15) is 0 Å². The Morgan fingerprint density at radius 3 is 2.24 bits per heavy atom. The van der Waals surface area contributed by atoms with Crippen LogP contribution >= 0.6 is 0 Å². The minimum absolute atomic E-state index is 0.239. The van der Waals surface area contributed by atoms with Gasteiger partial charge in [0.25, 0.3) is 11.8 Å². The van der Waals surface area contributed by atoms with E-state index in [1.165, 1.54) is 10.5 Å². The van der Waals surface area contributed by atoms with E-state index in [2.05, 4.69) is 19.2 Å². The fourth-order valence-electron chi connectivity index (χ4n) is 4.02. The maximum absolute atomic E-state index is 13.7. The van der Waals surface area contributed by atoms with Crippen molar-refractivity contribution in [1.82, 2.24) is 0 Å². The predicted molar refractivity (Wildman–Crippen MR) is 132 cm³/mol. The quantitative estimate of drug-likeness (QED) is 0.490. The van der Waals surface area contributed by atoms with E-state index in [-0.39, 0.29) is 17.5 Å². The van der Waals surface area contributed by atoms with Crippen LogP contribution in [0, 0.1) is 13.8 Å². The molecule has 1 heterocycles. The third-order valence-electron chi connectivity index (χ3n) is 5.91. The van der Waals surface area contributed by atoms with E-state index in [0.29, 0.717) is 28.5 Å². The van der Waals surface area contributed by atoms with Crippen LogP contribution in [0.3, 0.4) is 0 Å². The van der Waals surface area contributed by atoms with Gasteiger partial charge in [-0.25, -0.2) is 4.90 Å². The lowest BCUT2D eigenvalue weighted by atomic mass is 10.0. The van der Waals surface area contributed by atoms with Gasteiger partial charge in [0.15, 0.2) is 0 Å². The summed E-state index contributed by atoms with van der Waals surface area (Å²) in [5, 5.41) is 3.23. The lowest BCUT2D eigenvalue weighted by molar-refractivity contribution is -0.120. The van der Waals surface area contributed by atoms with Gasteiger partial charge in [-0.1, -0.05) is 56.3 Å². The maximum Gasteiger partial charge on any atom is 0.282 e. The van der Waals surface area contributed by atoms with Gasteiger partial charge in [-0.3, -0.25) is 9.59 Å². The van der Waals surface area contributed by atoms with Crippen molar-refractivity contribution in [2.24, 2.45) is 0 Å². The van der Waals surface area contributed by atoms with E-state index in [1.54, 1.807) is 19.2 Å². The van der Waals surface area contributed by atoms with Crippen LogP contribution < -0.4 is 15.0 Å². The first kappa shape index (κ1) is 22.3. The van der Waals surface area contributed by atoms with Gasteiger partial charge in [0, 0.05) is 11.3 Å². The van der Waals surface area contributed by atoms with Gasteiger partial charge in [-0.15, -0.1) is 0 Å². The highest BCUT2D eigenvalue weighted by atomic mass is 16.5. The number of carbonyl (C=O) groups is 2. The number of benzene rings is 3. The van der Waals surface area contributed by atoms with Gasteiger partial charge >= 0.3 is 0 Å². The van der Waals surface area contributed by atoms with Crippen molar-refractivity contribution in [2.75, 3.05) is 17.3 Å². The summed E-state index contributed by atoms with van der Waals surface area (Å²) < 4.78 is 5.52. The fraction of sp³-hybridized carbons (Fsp3) is 0.214. The van der Waals surface area contributed by atoms with Crippen molar-refractivity contribution < 1.29 is 14.3 Å². The molecule has 1 aliphatic rings. The summed E-state index contributed by atoms with van der Waals surface area (Å²) in [5.41, 5.74) is 5.46. The number of nitrogens with one attached hydrogen (secondary N) is 1. The number of aryl methyl sites for hydroxylation is 2. The number of hydrogen-bond donors (Lipinski definition) is 1. The molecule has 2 amide bonds. The molecular weight excluding hydrogens is 412 g/mol. The lowest BCUT2D eigenvalue weighted by Crippen LogP contribution is -2.33. The Kier molecular flexibility index (Phi) is 6.05. The summed E-state index contributed by atoms with van der Waals surface area (Å²) in [7, 11) is 1.56. The standard InChI is InChI=1S/C28H28N2O3/c1-17(2)20-12-14-21(15-13-20)29-26-25(22-8-6-7-9-24(22)33-5)27(31)30(28(26)32)23-16-18(3)10-11-19(23)4/h6-17,29H,1-5H3. The Hall–Kier alpha value is -3.86. The molecule has 33 heavy (non-hydrogen) atoms. The number of rotatable bonds is 6. The van der Waals surface area contributed by atoms with Crippen molar-refractivity contribution in [1.29, 1.82) is 0 Å². The Morgan fingerprint density at radius 1 is 0.879 bits per heavy atom. The number of hydrogen-bond acceptors (Lipinski definition) is 4. The zero-order valence-corrected chi connectivity index (χ0v) is 19.6. The molecule has 1 N–H and O–H groups in total. The molecule has 4 rings (SSSR count). The van der Waals surface area contributed by atoms with Gasteiger partial charge in [-0.05, 0) is 60.7 Å². The highest BCUT2D eigenvalue weighted by molar-refractivity contribution is 6.46. The van der Waals surface area contributed by atoms with Crippen LogP contribution in [0.1, 0.15) is 42.0 Å². The van der Waals surface area contributed by atoms with E-state index in [4.69, 9.17) is 4.74 Å². The second-order valence-electron chi connectivity index (χ2n) is 8.59. The van der Waals surface area contributed by atoms with Crippen molar-refractivity contribution in [2.45, 2.75) is 33.6 Å². The second-order valence-corrected chi connectivity index (χ2v) is 8.59. The third-order valence-corrected chi connectivity index (χ3v) is 5.91. The number of carbonyl (C=O) groups excluding carboxylic acids is 2. The normalized spacial score (nSPS) is 13.8. The van der Waals surface area contributed by atoms with Gasteiger partial charge in [0.1, 0.15) is 11.4 Å².